The van der Waals surface area contributed by atoms with Gasteiger partial charge in [0.1, 0.15) is 39.9 Å². The van der Waals surface area contributed by atoms with Crippen molar-refractivity contribution in [3.8, 4) is 11.5 Å². The Hall–Kier alpha value is -5.99. The molecule has 0 heterocycles. The van der Waals surface area contributed by atoms with Crippen LogP contribution in [0.2, 0.25) is 18.1 Å². The molecule has 1 atom stereocenters. The van der Waals surface area contributed by atoms with Crippen LogP contribution in [0.4, 0.5) is 20.1 Å². The average molecular weight is 998 g/mol. The topological polar surface area (TPSA) is 227 Å². The van der Waals surface area contributed by atoms with Crippen molar-refractivity contribution in [1.82, 2.24) is 19.7 Å². The van der Waals surface area contributed by atoms with E-state index >= 15 is 0 Å². The summed E-state index contributed by atoms with van der Waals surface area (Å²) in [5.41, 5.74) is -2.50. The number of esters is 2. The Morgan fingerprint density at radius 2 is 1.06 bits per heavy atom. The minimum absolute atomic E-state index is 0.0442. The predicted molar refractivity (Wildman–Crippen MR) is 265 cm³/mol. The molecule has 3 aromatic rings. The van der Waals surface area contributed by atoms with E-state index < -0.39 is 83.7 Å². The lowest BCUT2D eigenvalue weighted by Crippen LogP contribution is -2.52. The number of alkyl carbamates (subject to hydrolysis) is 2. The summed E-state index contributed by atoms with van der Waals surface area (Å²) in [6.45, 7) is 29.8. The molecule has 380 valence electrons. The maximum absolute atomic E-state index is 14.2. The van der Waals surface area contributed by atoms with Crippen LogP contribution in [0.1, 0.15) is 125 Å². The van der Waals surface area contributed by atoms with Gasteiger partial charge < -0.3 is 28.1 Å². The van der Waals surface area contributed by atoms with Crippen LogP contribution in [0.5, 0.6) is 11.5 Å². The van der Waals surface area contributed by atoms with Crippen molar-refractivity contribution in [2.45, 2.75) is 163 Å². The molecule has 0 aromatic heterocycles. The number of rotatable bonds is 13. The van der Waals surface area contributed by atoms with Crippen molar-refractivity contribution < 1.29 is 60.5 Å². The first-order valence-corrected chi connectivity index (χ1v) is 26.7. The van der Waals surface area contributed by atoms with Crippen molar-refractivity contribution in [3.63, 3.8) is 0 Å². The number of carbonyl (C=O) groups is 5. The summed E-state index contributed by atoms with van der Waals surface area (Å²) < 4.78 is 65.0. The summed E-state index contributed by atoms with van der Waals surface area (Å²) in [7, 11) is -6.98. The van der Waals surface area contributed by atoms with Gasteiger partial charge in [0.25, 0.3) is 0 Å². The van der Waals surface area contributed by atoms with Crippen LogP contribution in [0, 0.1) is 0 Å². The highest BCUT2D eigenvalue weighted by atomic mass is 32.2. The highest BCUT2D eigenvalue weighted by Crippen LogP contribution is 2.37. The smallest absolute Gasteiger partial charge is 0.425 e. The fourth-order valence-corrected chi connectivity index (χ4v) is 7.66. The monoisotopic (exact) mass is 997 g/mol. The Bertz CT molecular complexity index is 2390. The molecule has 0 saturated carbocycles. The standard InChI is InChI=1S/C49H71N5O13SSi/c1-45(2,3)63-40(56)38(30-32-18-28-37(29-19-32)67-69(16,17)49(13,14)15)53-68(60,61)54(44(59)66-48(10,11)12)31-33-20-26-36(27-21-33)62-39(55)34-22-24-35(25-23-34)50-41(51-42(57)64-46(4,5)6)52-43(58)65-47(7,8)9/h18-29,38,53H,30-31H2,1-17H3,(H2,50,51,52,57,58). The molecule has 0 aliphatic heterocycles. The molecule has 20 heteroatoms. The molecule has 0 aliphatic carbocycles. The molecule has 0 spiro atoms. The SMILES string of the molecule is CC(C)(C)OC(=O)NC(=Nc1ccc(C(=O)Oc2ccc(CN(C(=O)OC(C)(C)C)S(=O)(=O)NC(Cc3ccc(O[Si](C)(C)C(C)(C)C)cc3)C(=O)OC(C)(C)C)cc2)cc1)NC(=O)OC(C)(C)C. The van der Waals surface area contributed by atoms with Crippen LogP contribution in [0.15, 0.2) is 77.8 Å². The Morgan fingerprint density at radius 1 is 0.609 bits per heavy atom. The zero-order valence-electron chi connectivity index (χ0n) is 43.0. The van der Waals surface area contributed by atoms with Gasteiger partial charge in [-0.3, -0.25) is 15.4 Å². The van der Waals surface area contributed by atoms with Crippen molar-refractivity contribution >= 4 is 60.4 Å². The van der Waals surface area contributed by atoms with E-state index in [0.717, 1.165) is 0 Å². The predicted octanol–water partition coefficient (Wildman–Crippen LogP) is 9.85. The summed E-state index contributed by atoms with van der Waals surface area (Å²) in [4.78, 5) is 69.8. The molecule has 0 saturated heterocycles. The number of nitrogens with one attached hydrogen (secondary N) is 3. The van der Waals surface area contributed by atoms with Gasteiger partial charge in [-0.05, 0) is 167 Å². The number of hydrogen-bond acceptors (Lipinski definition) is 14. The molecule has 0 fully saturated rings. The summed E-state index contributed by atoms with van der Waals surface area (Å²) >= 11 is 0. The van der Waals surface area contributed by atoms with Gasteiger partial charge in [-0.25, -0.2) is 24.2 Å². The van der Waals surface area contributed by atoms with Gasteiger partial charge in [-0.1, -0.05) is 45.0 Å². The van der Waals surface area contributed by atoms with Crippen LogP contribution in [0.25, 0.3) is 0 Å². The first kappa shape index (κ1) is 57.3. The number of hydrogen-bond donors (Lipinski definition) is 3. The van der Waals surface area contributed by atoms with Crippen molar-refractivity contribution in [3.05, 3.63) is 89.5 Å². The van der Waals surface area contributed by atoms with E-state index in [0.29, 0.717) is 21.2 Å². The van der Waals surface area contributed by atoms with Crippen LogP contribution in [0.3, 0.4) is 0 Å². The van der Waals surface area contributed by atoms with Gasteiger partial charge in [-0.15, -0.1) is 0 Å². The van der Waals surface area contributed by atoms with Gasteiger partial charge in [0.15, 0.2) is 0 Å². The molecule has 3 aromatic carbocycles. The molecule has 18 nitrogen and oxygen atoms in total. The molecular formula is C49H71N5O13SSi. The maximum atomic E-state index is 14.2. The Balaban J connectivity index is 1.85. The lowest BCUT2D eigenvalue weighted by molar-refractivity contribution is -0.157. The van der Waals surface area contributed by atoms with E-state index in [2.05, 4.69) is 54.2 Å². The molecule has 0 bridgehead atoms. The van der Waals surface area contributed by atoms with E-state index in [1.807, 2.05) is 0 Å². The number of ether oxygens (including phenoxy) is 5. The van der Waals surface area contributed by atoms with E-state index in [4.69, 9.17) is 28.1 Å². The molecule has 3 rings (SSSR count). The fraction of sp³-hybridized carbons (Fsp3) is 0.510. The number of guanidine groups is 1. The third-order valence-corrected chi connectivity index (χ3v) is 15.3. The number of carbonyl (C=O) groups excluding carboxylic acids is 5. The summed E-state index contributed by atoms with van der Waals surface area (Å²) in [6, 6.07) is 17.0. The summed E-state index contributed by atoms with van der Waals surface area (Å²) in [6.07, 6.45) is -3.09. The molecular weight excluding hydrogens is 927 g/mol. The van der Waals surface area contributed by atoms with E-state index in [-0.39, 0.29) is 34.4 Å². The number of amides is 3. The van der Waals surface area contributed by atoms with Gasteiger partial charge in [0, 0.05) is 0 Å². The second-order valence-electron chi connectivity index (χ2n) is 21.7. The first-order chi connectivity index (χ1) is 31.3. The number of aliphatic imine (C=N–C) groups is 1. The lowest BCUT2D eigenvalue weighted by Gasteiger charge is -2.36. The molecule has 0 radical (unpaired) electrons. The average Bonchev–Trinajstić information content (AvgIpc) is 3.14. The number of nitrogens with zero attached hydrogens (tertiary/aromatic N) is 2. The lowest BCUT2D eigenvalue weighted by atomic mass is 10.1. The molecule has 0 aliphatic rings. The van der Waals surface area contributed by atoms with Crippen LogP contribution in [-0.4, -0.2) is 85.7 Å². The minimum Gasteiger partial charge on any atom is -0.544 e. The number of benzene rings is 3. The van der Waals surface area contributed by atoms with Crippen molar-refractivity contribution in [1.29, 1.82) is 0 Å². The molecule has 3 amide bonds. The highest BCUT2D eigenvalue weighted by Gasteiger charge is 2.40. The Morgan fingerprint density at radius 3 is 1.51 bits per heavy atom. The second-order valence-corrected chi connectivity index (χ2v) is 28.1. The van der Waals surface area contributed by atoms with Crippen LogP contribution >= 0.6 is 0 Å². The zero-order chi connectivity index (χ0) is 52.6. The van der Waals surface area contributed by atoms with Gasteiger partial charge in [-0.2, -0.15) is 17.4 Å². The first-order valence-electron chi connectivity index (χ1n) is 22.3. The van der Waals surface area contributed by atoms with E-state index in [9.17, 15) is 32.4 Å². The highest BCUT2D eigenvalue weighted by molar-refractivity contribution is 7.87. The van der Waals surface area contributed by atoms with E-state index in [1.165, 1.54) is 48.5 Å². The van der Waals surface area contributed by atoms with E-state index in [1.54, 1.807) is 107 Å². The normalized spacial score (nSPS) is 12.9. The molecule has 1 unspecified atom stereocenters. The van der Waals surface area contributed by atoms with Crippen LogP contribution < -0.4 is 24.5 Å². The summed E-state index contributed by atoms with van der Waals surface area (Å²) in [5, 5.41) is 4.73. The van der Waals surface area contributed by atoms with Gasteiger partial charge in [0.05, 0.1) is 17.8 Å². The largest absolute Gasteiger partial charge is 0.544 e. The zero-order valence-corrected chi connectivity index (χ0v) is 44.8. The maximum Gasteiger partial charge on any atom is 0.425 e. The third kappa shape index (κ3) is 20.2. The Kier molecular flexibility index (Phi) is 18.4. The second kappa shape index (κ2) is 22.2. The summed E-state index contributed by atoms with van der Waals surface area (Å²) in [5.74, 6) is -1.17. The van der Waals surface area contributed by atoms with Gasteiger partial charge >= 0.3 is 40.4 Å². The van der Waals surface area contributed by atoms with Gasteiger partial charge in [0.2, 0.25) is 14.3 Å². The Labute approximate surface area is 408 Å². The third-order valence-electron chi connectivity index (χ3n) is 9.45. The van der Waals surface area contributed by atoms with Crippen molar-refractivity contribution in [2.24, 2.45) is 4.99 Å². The van der Waals surface area contributed by atoms with Crippen molar-refractivity contribution in [2.75, 3.05) is 0 Å². The minimum atomic E-state index is -4.82. The molecule has 3 N–H and O–H groups in total. The molecule has 69 heavy (non-hydrogen) atoms. The van der Waals surface area contributed by atoms with Crippen LogP contribution in [-0.2, 0) is 46.9 Å². The fourth-order valence-electron chi connectivity index (χ4n) is 5.41. The quantitative estimate of drug-likeness (QED) is 0.0362.